The summed E-state index contributed by atoms with van der Waals surface area (Å²) in [4.78, 5) is 8.17. The zero-order valence-corrected chi connectivity index (χ0v) is 7.23. The van der Waals surface area contributed by atoms with Gasteiger partial charge in [-0.1, -0.05) is 0 Å². The van der Waals surface area contributed by atoms with Crippen LogP contribution in [0.1, 0.15) is 5.69 Å². The Labute approximate surface area is 74.8 Å². The van der Waals surface area contributed by atoms with Gasteiger partial charge in [-0.25, -0.2) is 4.98 Å². The van der Waals surface area contributed by atoms with Gasteiger partial charge >= 0.3 is 0 Å². The molecule has 0 radical (unpaired) electrons. The van der Waals surface area contributed by atoms with E-state index in [2.05, 4.69) is 20.4 Å². The fourth-order valence-electron chi connectivity index (χ4n) is 1.10. The van der Waals surface area contributed by atoms with Crippen LogP contribution in [0, 0.1) is 0 Å². The zero-order chi connectivity index (χ0) is 9.26. The Morgan fingerprint density at radius 3 is 3.15 bits per heavy atom. The lowest BCUT2D eigenvalue weighted by Crippen LogP contribution is -2.05. The summed E-state index contributed by atoms with van der Waals surface area (Å²) in [6, 6.07) is 1.82. The number of nitrogens with one attached hydrogen (secondary N) is 1. The largest absolute Gasteiger partial charge is 0.356 e. The molecule has 2 aromatic rings. The topological polar surface area (TPSA) is 81.1 Å². The smallest absolute Gasteiger partial charge is 0.254 e. The van der Waals surface area contributed by atoms with E-state index in [4.69, 9.17) is 5.73 Å². The minimum atomic E-state index is 0.422. The normalized spacial score (nSPS) is 10.6. The predicted molar refractivity (Wildman–Crippen MR) is 48.2 cm³/mol. The Hall–Kier alpha value is -1.69. The number of nitrogens with two attached hydrogens (primary N) is 1. The molecular formula is C7H10N6. The Morgan fingerprint density at radius 2 is 2.46 bits per heavy atom. The summed E-state index contributed by atoms with van der Waals surface area (Å²) in [5.41, 5.74) is 6.42. The monoisotopic (exact) mass is 178 g/mol. The second-order valence-electron chi connectivity index (χ2n) is 2.54. The highest BCUT2D eigenvalue weighted by Crippen LogP contribution is 2.04. The van der Waals surface area contributed by atoms with Gasteiger partial charge in [-0.05, 0) is 6.07 Å². The summed E-state index contributed by atoms with van der Waals surface area (Å²) in [6.45, 7) is 0.422. The first kappa shape index (κ1) is 7.93. The third-order valence-corrected chi connectivity index (χ3v) is 1.75. The van der Waals surface area contributed by atoms with Gasteiger partial charge in [0.25, 0.3) is 5.78 Å². The molecule has 0 unspecified atom stereocenters. The van der Waals surface area contributed by atoms with Gasteiger partial charge < -0.3 is 11.1 Å². The van der Waals surface area contributed by atoms with Crippen molar-refractivity contribution in [3.63, 3.8) is 0 Å². The minimum absolute atomic E-state index is 0.422. The minimum Gasteiger partial charge on any atom is -0.356 e. The zero-order valence-electron chi connectivity index (χ0n) is 7.23. The van der Waals surface area contributed by atoms with E-state index in [1.807, 2.05) is 6.07 Å². The van der Waals surface area contributed by atoms with E-state index in [0.29, 0.717) is 18.3 Å². The summed E-state index contributed by atoms with van der Waals surface area (Å²) in [5, 5.41) is 7.00. The van der Waals surface area contributed by atoms with Crippen LogP contribution in [0.15, 0.2) is 12.3 Å². The Kier molecular flexibility index (Phi) is 1.82. The molecular weight excluding hydrogens is 168 g/mol. The lowest BCUT2D eigenvalue weighted by molar-refractivity contribution is 0.836. The van der Waals surface area contributed by atoms with Gasteiger partial charge in [-0.3, -0.25) is 0 Å². The first-order valence-electron chi connectivity index (χ1n) is 3.93. The van der Waals surface area contributed by atoms with Crippen molar-refractivity contribution in [2.75, 3.05) is 12.4 Å². The fraction of sp³-hybridized carbons (Fsp3) is 0.286. The van der Waals surface area contributed by atoms with Crippen LogP contribution in [0.5, 0.6) is 0 Å². The number of rotatable bonds is 2. The molecule has 2 aromatic heterocycles. The van der Waals surface area contributed by atoms with E-state index in [9.17, 15) is 0 Å². The molecule has 0 atom stereocenters. The van der Waals surface area contributed by atoms with Crippen molar-refractivity contribution in [2.45, 2.75) is 6.54 Å². The highest BCUT2D eigenvalue weighted by molar-refractivity contribution is 5.37. The molecule has 68 valence electrons. The molecule has 0 aliphatic heterocycles. The fourth-order valence-corrected chi connectivity index (χ4v) is 1.10. The molecule has 6 nitrogen and oxygen atoms in total. The molecule has 13 heavy (non-hydrogen) atoms. The summed E-state index contributed by atoms with van der Waals surface area (Å²) in [7, 11) is 1.76. The molecule has 2 rings (SSSR count). The molecule has 6 heteroatoms. The standard InChI is InChI=1S/C7H10N6/c1-9-6-11-7-10-3-2-5(4-8)13(7)12-6/h2-3H,4,8H2,1H3,(H,9,12). The van der Waals surface area contributed by atoms with Crippen LogP contribution in [-0.4, -0.2) is 26.6 Å². The molecule has 0 bridgehead atoms. The van der Waals surface area contributed by atoms with Crippen molar-refractivity contribution < 1.29 is 0 Å². The van der Waals surface area contributed by atoms with E-state index in [-0.39, 0.29) is 0 Å². The molecule has 0 aromatic carbocycles. The van der Waals surface area contributed by atoms with Gasteiger partial charge in [-0.2, -0.15) is 9.50 Å². The molecule has 2 heterocycles. The van der Waals surface area contributed by atoms with Crippen molar-refractivity contribution in [3.8, 4) is 0 Å². The number of fused-ring (bicyclic) bond motifs is 1. The Bertz CT molecular complexity index is 420. The van der Waals surface area contributed by atoms with Crippen molar-refractivity contribution in [3.05, 3.63) is 18.0 Å². The van der Waals surface area contributed by atoms with Crippen molar-refractivity contribution in [2.24, 2.45) is 5.73 Å². The summed E-state index contributed by atoms with van der Waals surface area (Å²) >= 11 is 0. The highest BCUT2D eigenvalue weighted by Gasteiger charge is 2.04. The number of aromatic nitrogens is 4. The van der Waals surface area contributed by atoms with E-state index in [1.54, 1.807) is 17.8 Å². The van der Waals surface area contributed by atoms with E-state index in [1.165, 1.54) is 0 Å². The van der Waals surface area contributed by atoms with Crippen LogP contribution < -0.4 is 11.1 Å². The highest BCUT2D eigenvalue weighted by atomic mass is 15.4. The summed E-state index contributed by atoms with van der Waals surface area (Å²) in [6.07, 6.45) is 1.67. The molecule has 0 aliphatic carbocycles. The maximum Gasteiger partial charge on any atom is 0.254 e. The molecule has 0 amide bonds. The summed E-state index contributed by atoms with van der Waals surface area (Å²) in [5.74, 6) is 1.11. The van der Waals surface area contributed by atoms with Crippen molar-refractivity contribution in [1.29, 1.82) is 0 Å². The van der Waals surface area contributed by atoms with E-state index in [0.717, 1.165) is 5.69 Å². The van der Waals surface area contributed by atoms with E-state index >= 15 is 0 Å². The maximum absolute atomic E-state index is 5.53. The Morgan fingerprint density at radius 1 is 1.62 bits per heavy atom. The second kappa shape index (κ2) is 2.98. The third kappa shape index (κ3) is 1.20. The first-order chi connectivity index (χ1) is 6.35. The quantitative estimate of drug-likeness (QED) is 0.655. The van der Waals surface area contributed by atoms with Gasteiger partial charge in [0.05, 0.1) is 5.69 Å². The van der Waals surface area contributed by atoms with Crippen LogP contribution >= 0.6 is 0 Å². The molecule has 3 N–H and O–H groups in total. The van der Waals surface area contributed by atoms with Crippen LogP contribution in [-0.2, 0) is 6.54 Å². The number of hydrogen-bond donors (Lipinski definition) is 2. The van der Waals surface area contributed by atoms with Crippen LogP contribution in [0.25, 0.3) is 5.78 Å². The lowest BCUT2D eigenvalue weighted by Gasteiger charge is -1.97. The van der Waals surface area contributed by atoms with Gasteiger partial charge in [-0.15, -0.1) is 5.10 Å². The predicted octanol–water partition coefficient (Wildman–Crippen LogP) is -0.375. The number of anilines is 1. The SMILES string of the molecule is CNc1nc2nccc(CN)n2n1. The number of nitrogens with zero attached hydrogens (tertiary/aromatic N) is 4. The van der Waals surface area contributed by atoms with E-state index < -0.39 is 0 Å². The van der Waals surface area contributed by atoms with Crippen LogP contribution in [0.2, 0.25) is 0 Å². The second-order valence-corrected chi connectivity index (χ2v) is 2.54. The maximum atomic E-state index is 5.53. The average molecular weight is 178 g/mol. The summed E-state index contributed by atoms with van der Waals surface area (Å²) < 4.78 is 1.63. The number of hydrogen-bond acceptors (Lipinski definition) is 5. The van der Waals surface area contributed by atoms with Crippen LogP contribution in [0.4, 0.5) is 5.95 Å². The molecule has 0 aliphatic rings. The van der Waals surface area contributed by atoms with Crippen molar-refractivity contribution in [1.82, 2.24) is 19.6 Å². The molecule has 0 saturated heterocycles. The third-order valence-electron chi connectivity index (χ3n) is 1.75. The van der Waals surface area contributed by atoms with Gasteiger partial charge in [0.1, 0.15) is 0 Å². The van der Waals surface area contributed by atoms with Gasteiger partial charge in [0.2, 0.25) is 5.95 Å². The van der Waals surface area contributed by atoms with Gasteiger partial charge in [0, 0.05) is 19.8 Å². The molecule has 0 saturated carbocycles. The van der Waals surface area contributed by atoms with Crippen molar-refractivity contribution >= 4 is 11.7 Å². The molecule has 0 spiro atoms. The molecule has 0 fully saturated rings. The first-order valence-corrected chi connectivity index (χ1v) is 3.93. The van der Waals surface area contributed by atoms with Gasteiger partial charge in [0.15, 0.2) is 0 Å². The van der Waals surface area contributed by atoms with Crippen LogP contribution in [0.3, 0.4) is 0 Å². The average Bonchev–Trinajstić information content (AvgIpc) is 2.59. The Balaban J connectivity index is 2.67. The lowest BCUT2D eigenvalue weighted by atomic mass is 10.4.